The molecule has 0 atom stereocenters. The van der Waals surface area contributed by atoms with Gasteiger partial charge in [-0.25, -0.2) is 0 Å². The van der Waals surface area contributed by atoms with Crippen LogP contribution in [0.4, 0.5) is 0 Å². The van der Waals surface area contributed by atoms with Gasteiger partial charge in [0.15, 0.2) is 0 Å². The molecule has 0 saturated heterocycles. The Kier molecular flexibility index (Phi) is 6.42. The lowest BCUT2D eigenvalue weighted by atomic mass is 10.1. The minimum Gasteiger partial charge on any atom is -0.496 e. The summed E-state index contributed by atoms with van der Waals surface area (Å²) < 4.78 is 10.4. The predicted molar refractivity (Wildman–Crippen MR) is 96.0 cm³/mol. The van der Waals surface area contributed by atoms with Crippen LogP contribution < -0.4 is 10.1 Å². The summed E-state index contributed by atoms with van der Waals surface area (Å²) in [4.78, 5) is 23.9. The number of benzene rings is 2. The number of carbonyl (C=O) groups is 2. The van der Waals surface area contributed by atoms with Gasteiger partial charge in [-0.05, 0) is 55.3 Å². The molecular formula is C19H20ClNO4. The van der Waals surface area contributed by atoms with Gasteiger partial charge in [0.25, 0.3) is 5.91 Å². The van der Waals surface area contributed by atoms with Crippen molar-refractivity contribution in [2.75, 3.05) is 13.7 Å². The van der Waals surface area contributed by atoms with Gasteiger partial charge in [-0.3, -0.25) is 9.59 Å². The number of hydrogen-bond donors (Lipinski definition) is 1. The molecular weight excluding hydrogens is 342 g/mol. The van der Waals surface area contributed by atoms with Crippen LogP contribution in [0.25, 0.3) is 0 Å². The molecule has 132 valence electrons. The molecule has 0 radical (unpaired) electrons. The molecule has 1 amide bonds. The van der Waals surface area contributed by atoms with Crippen molar-refractivity contribution >= 4 is 23.5 Å². The van der Waals surface area contributed by atoms with E-state index < -0.39 is 5.97 Å². The van der Waals surface area contributed by atoms with Gasteiger partial charge in [-0.2, -0.15) is 0 Å². The SMILES string of the molecule is COc1ccc(Cl)cc1COC(=O)CNC(=O)c1ccc(C)c(C)c1. The second kappa shape index (κ2) is 8.53. The highest BCUT2D eigenvalue weighted by atomic mass is 35.5. The van der Waals surface area contributed by atoms with E-state index in [1.807, 2.05) is 19.9 Å². The zero-order valence-electron chi connectivity index (χ0n) is 14.4. The number of methoxy groups -OCH3 is 1. The van der Waals surface area contributed by atoms with E-state index in [1.54, 1.807) is 30.3 Å². The van der Waals surface area contributed by atoms with E-state index in [1.165, 1.54) is 7.11 Å². The number of esters is 1. The molecule has 1 N–H and O–H groups in total. The number of carbonyl (C=O) groups excluding carboxylic acids is 2. The minimum atomic E-state index is -0.542. The average molecular weight is 362 g/mol. The number of halogens is 1. The highest BCUT2D eigenvalue weighted by Crippen LogP contribution is 2.23. The van der Waals surface area contributed by atoms with Crippen LogP contribution >= 0.6 is 11.6 Å². The third-order valence-electron chi connectivity index (χ3n) is 3.79. The number of nitrogens with one attached hydrogen (secondary N) is 1. The van der Waals surface area contributed by atoms with Crippen molar-refractivity contribution in [2.24, 2.45) is 0 Å². The van der Waals surface area contributed by atoms with Gasteiger partial charge in [0.05, 0.1) is 7.11 Å². The van der Waals surface area contributed by atoms with E-state index in [2.05, 4.69) is 5.32 Å². The highest BCUT2D eigenvalue weighted by molar-refractivity contribution is 6.30. The first kappa shape index (κ1) is 18.8. The summed E-state index contributed by atoms with van der Waals surface area (Å²) in [6.45, 7) is 3.70. The fourth-order valence-electron chi connectivity index (χ4n) is 2.21. The molecule has 0 aliphatic carbocycles. The van der Waals surface area contributed by atoms with E-state index in [0.29, 0.717) is 21.9 Å². The molecule has 0 aliphatic rings. The second-order valence-electron chi connectivity index (χ2n) is 5.60. The summed E-state index contributed by atoms with van der Waals surface area (Å²) in [7, 11) is 1.53. The van der Waals surface area contributed by atoms with Gasteiger partial charge in [0, 0.05) is 16.1 Å². The normalized spacial score (nSPS) is 10.2. The van der Waals surface area contributed by atoms with Crippen LogP contribution in [0.5, 0.6) is 5.75 Å². The monoisotopic (exact) mass is 361 g/mol. The van der Waals surface area contributed by atoms with Crippen molar-refractivity contribution in [1.29, 1.82) is 0 Å². The Balaban J connectivity index is 1.87. The first-order valence-electron chi connectivity index (χ1n) is 7.74. The van der Waals surface area contributed by atoms with Crippen molar-refractivity contribution in [1.82, 2.24) is 5.32 Å². The molecule has 0 saturated carbocycles. The van der Waals surface area contributed by atoms with Crippen LogP contribution in [0.1, 0.15) is 27.0 Å². The lowest BCUT2D eigenvalue weighted by molar-refractivity contribution is -0.143. The zero-order chi connectivity index (χ0) is 18.4. The maximum absolute atomic E-state index is 12.1. The largest absolute Gasteiger partial charge is 0.496 e. The summed E-state index contributed by atoms with van der Waals surface area (Å²) in [5, 5.41) is 3.07. The Morgan fingerprint density at radius 2 is 1.84 bits per heavy atom. The molecule has 2 aromatic rings. The predicted octanol–water partition coefficient (Wildman–Crippen LogP) is 3.44. The fourth-order valence-corrected chi connectivity index (χ4v) is 2.40. The minimum absolute atomic E-state index is 0.0159. The molecule has 0 fully saturated rings. The van der Waals surface area contributed by atoms with Gasteiger partial charge in [0.1, 0.15) is 18.9 Å². The molecule has 5 nitrogen and oxygen atoms in total. The van der Waals surface area contributed by atoms with E-state index in [4.69, 9.17) is 21.1 Å². The van der Waals surface area contributed by atoms with Gasteiger partial charge >= 0.3 is 5.97 Å². The Morgan fingerprint density at radius 3 is 2.52 bits per heavy atom. The summed E-state index contributed by atoms with van der Waals surface area (Å²) >= 11 is 5.93. The topological polar surface area (TPSA) is 64.6 Å². The molecule has 0 aromatic heterocycles. The maximum atomic E-state index is 12.1. The number of ether oxygens (including phenoxy) is 2. The van der Waals surface area contributed by atoms with Crippen LogP contribution in [0.15, 0.2) is 36.4 Å². The zero-order valence-corrected chi connectivity index (χ0v) is 15.1. The lowest BCUT2D eigenvalue weighted by Crippen LogP contribution is -2.30. The Bertz CT molecular complexity index is 789. The van der Waals surface area contributed by atoms with Crippen molar-refractivity contribution < 1.29 is 19.1 Å². The van der Waals surface area contributed by atoms with E-state index in [0.717, 1.165) is 11.1 Å². The van der Waals surface area contributed by atoms with Gasteiger partial charge in [-0.15, -0.1) is 0 Å². The van der Waals surface area contributed by atoms with Crippen LogP contribution in [-0.4, -0.2) is 25.5 Å². The molecule has 0 bridgehead atoms. The van der Waals surface area contributed by atoms with Crippen LogP contribution in [-0.2, 0) is 16.1 Å². The van der Waals surface area contributed by atoms with Crippen molar-refractivity contribution in [3.63, 3.8) is 0 Å². The molecule has 6 heteroatoms. The summed E-state index contributed by atoms with van der Waals surface area (Å²) in [6.07, 6.45) is 0. The number of hydrogen-bond acceptors (Lipinski definition) is 4. The van der Waals surface area contributed by atoms with E-state index in [9.17, 15) is 9.59 Å². The van der Waals surface area contributed by atoms with Crippen molar-refractivity contribution in [3.8, 4) is 5.75 Å². The second-order valence-corrected chi connectivity index (χ2v) is 6.04. The third kappa shape index (κ3) is 5.22. The Morgan fingerprint density at radius 1 is 1.08 bits per heavy atom. The summed E-state index contributed by atoms with van der Waals surface area (Å²) in [5.74, 6) is -0.282. The van der Waals surface area contributed by atoms with Gasteiger partial charge in [0.2, 0.25) is 0 Å². The Labute approximate surface area is 151 Å². The van der Waals surface area contributed by atoms with Crippen LogP contribution in [0, 0.1) is 13.8 Å². The summed E-state index contributed by atoms with van der Waals surface area (Å²) in [6, 6.07) is 10.4. The highest BCUT2D eigenvalue weighted by Gasteiger charge is 2.11. The number of aryl methyl sites for hydroxylation is 2. The van der Waals surface area contributed by atoms with E-state index >= 15 is 0 Å². The van der Waals surface area contributed by atoms with Crippen LogP contribution in [0.3, 0.4) is 0 Å². The molecule has 2 aromatic carbocycles. The average Bonchev–Trinajstić information content (AvgIpc) is 2.60. The van der Waals surface area contributed by atoms with Crippen LogP contribution in [0.2, 0.25) is 5.02 Å². The fraction of sp³-hybridized carbons (Fsp3) is 0.263. The van der Waals surface area contributed by atoms with E-state index in [-0.39, 0.29) is 19.1 Å². The van der Waals surface area contributed by atoms with Crippen molar-refractivity contribution in [3.05, 3.63) is 63.7 Å². The molecule has 0 heterocycles. The molecule has 2 rings (SSSR count). The lowest BCUT2D eigenvalue weighted by Gasteiger charge is -2.10. The van der Waals surface area contributed by atoms with Crippen molar-refractivity contribution in [2.45, 2.75) is 20.5 Å². The standard InChI is InChI=1S/C19H20ClNO4/c1-12-4-5-14(8-13(12)2)19(23)21-10-18(22)25-11-15-9-16(20)6-7-17(15)24-3/h4-9H,10-11H2,1-3H3,(H,21,23). The van der Waals surface area contributed by atoms with Gasteiger partial charge in [-0.1, -0.05) is 17.7 Å². The molecule has 0 spiro atoms. The summed E-state index contributed by atoms with van der Waals surface area (Å²) in [5.41, 5.74) is 3.28. The quantitative estimate of drug-likeness (QED) is 0.800. The Hall–Kier alpha value is -2.53. The third-order valence-corrected chi connectivity index (χ3v) is 4.03. The molecule has 0 aliphatic heterocycles. The van der Waals surface area contributed by atoms with Gasteiger partial charge < -0.3 is 14.8 Å². The maximum Gasteiger partial charge on any atom is 0.325 e. The first-order chi connectivity index (χ1) is 11.9. The smallest absolute Gasteiger partial charge is 0.325 e. The number of rotatable bonds is 6. The molecule has 0 unspecified atom stereocenters. The first-order valence-corrected chi connectivity index (χ1v) is 8.12. The molecule has 25 heavy (non-hydrogen) atoms. The number of amides is 1.